The molecule has 70 heavy (non-hydrogen) atoms. The fourth-order valence-electron chi connectivity index (χ4n) is 24.1. The average Bonchev–Trinajstić information content (AvgIpc) is 4.29. The summed E-state index contributed by atoms with van der Waals surface area (Å²) >= 11 is 0. The third-order valence-corrected chi connectivity index (χ3v) is 24.6. The zero-order chi connectivity index (χ0) is 41.8. The summed E-state index contributed by atoms with van der Waals surface area (Å²) in [5.41, 5.74) is 7.39. The van der Waals surface area contributed by atoms with Gasteiger partial charge in [-0.2, -0.15) is 0 Å². The molecule has 0 fully saturated rings. The van der Waals surface area contributed by atoms with Crippen molar-refractivity contribution in [2.75, 3.05) is 0 Å². The van der Waals surface area contributed by atoms with Gasteiger partial charge in [0.2, 0.25) is 0 Å². The Morgan fingerprint density at radius 3 is 0.771 bits per heavy atom. The van der Waals surface area contributed by atoms with Gasteiger partial charge in [0.05, 0.1) is 5.92 Å². The van der Waals surface area contributed by atoms with Crippen molar-refractivity contribution < 1.29 is 4.79 Å². The van der Waals surface area contributed by atoms with Crippen molar-refractivity contribution in [3.05, 3.63) is 67.9 Å². The van der Waals surface area contributed by atoms with Crippen LogP contribution in [-0.4, -0.2) is 5.78 Å². The van der Waals surface area contributed by atoms with E-state index in [-0.39, 0.29) is 17.1 Å². The second-order valence-corrected chi connectivity index (χ2v) is 25.1. The minimum atomic E-state index is -0.461. The lowest BCUT2D eigenvalue weighted by Crippen LogP contribution is -2.23. The van der Waals surface area contributed by atoms with E-state index in [4.69, 9.17) is 0 Å². The van der Waals surface area contributed by atoms with Crippen molar-refractivity contribution in [3.8, 4) is 0 Å². The largest absolute Gasteiger partial charge is 0.293 e. The molecule has 2 atom stereocenters. The van der Waals surface area contributed by atoms with E-state index in [1.54, 1.807) is 43.1 Å². The molecule has 29 aromatic rings. The van der Waals surface area contributed by atoms with E-state index >= 15 is 9.59 Å². The van der Waals surface area contributed by atoms with Gasteiger partial charge in [-0.15, -0.1) is 0 Å². The van der Waals surface area contributed by atoms with E-state index in [2.05, 4.69) is 24.3 Å². The summed E-state index contributed by atoms with van der Waals surface area (Å²) in [5, 5.41) is 77.0. The summed E-state index contributed by atoms with van der Waals surface area (Å²) in [6, 6.07) is 9.15. The average molecular weight is 855 g/mol. The standard InChI is InChI=1S/C68H6O2/c69-67-8-6-4-2-1-3-5(6)7-9-11(8)14-15-12(9)16-17-13-10(7)64-61-54(13)47-41-20(17)22-19(16)21-18(15)40-33-23(21)25-24(22)28-27-26(25)29-31-32-30(27)36-37(35(28)41)46(47)51-50-43(36)39(32)45-44-38(31)42(34(29)33)49-48(40)55(14)60-56(49)52(44)58-53(45)57(50)62(59(51)61)66(68(64)70)63(58)65(60)67/h1-4,7-8H. The maximum atomic E-state index is 17.5. The second kappa shape index (κ2) is 5.98. The molecule has 290 valence electrons. The molecule has 3 aliphatic carbocycles. The normalized spacial score (nSPS) is 19.8. The number of ketones is 1. The highest BCUT2D eigenvalue weighted by atomic mass is 16.1. The fourth-order valence-corrected chi connectivity index (χ4v) is 24.1. The topological polar surface area (TPSA) is 34.1 Å². The number of fused-ring (bicyclic) bond motifs is 7. The van der Waals surface area contributed by atoms with Crippen LogP contribution in [0.5, 0.6) is 0 Å². The molecule has 2 unspecified atom stereocenters. The number of carbonyl (C=O) groups excluding carboxylic acids is 1. The van der Waals surface area contributed by atoms with Crippen molar-refractivity contribution in [1.82, 2.24) is 0 Å². The molecule has 0 heterocycles. The van der Waals surface area contributed by atoms with Crippen LogP contribution in [0.2, 0.25) is 0 Å². The number of carbonyl (C=O) groups is 1. The van der Waals surface area contributed by atoms with Crippen LogP contribution in [0.4, 0.5) is 0 Å². The summed E-state index contributed by atoms with van der Waals surface area (Å²) in [4.78, 5) is 34.9. The van der Waals surface area contributed by atoms with Crippen molar-refractivity contribution >= 4 is 297 Å². The van der Waals surface area contributed by atoms with Gasteiger partial charge in [0, 0.05) is 157 Å². The first-order valence-electron chi connectivity index (χ1n) is 25.7. The van der Waals surface area contributed by atoms with Gasteiger partial charge >= 0.3 is 0 Å². The zero-order valence-corrected chi connectivity index (χ0v) is 35.3. The molecule has 0 radical (unpaired) electrons. The molecule has 2 heteroatoms. The highest BCUT2D eigenvalue weighted by Crippen LogP contribution is 2.79. The van der Waals surface area contributed by atoms with Crippen molar-refractivity contribution in [2.45, 2.75) is 11.8 Å². The van der Waals surface area contributed by atoms with Gasteiger partial charge in [-0.3, -0.25) is 9.59 Å². The Morgan fingerprint density at radius 1 is 0.200 bits per heavy atom. The first-order valence-corrected chi connectivity index (χ1v) is 25.7. The van der Waals surface area contributed by atoms with Crippen LogP contribution < -0.4 is 5.43 Å². The Balaban J connectivity index is 1.25. The summed E-state index contributed by atoms with van der Waals surface area (Å²) < 4.78 is 0. The summed E-state index contributed by atoms with van der Waals surface area (Å²) in [5.74, 6) is -0.410. The Morgan fingerprint density at radius 2 is 0.414 bits per heavy atom. The minimum absolute atomic E-state index is 0.174. The molecule has 0 aromatic heterocycles. The first kappa shape index (κ1) is 26.0. The molecule has 0 N–H and O–H groups in total. The molecule has 0 aliphatic heterocycles. The molecular weight excluding hydrogens is 849 g/mol. The molecule has 0 amide bonds. The van der Waals surface area contributed by atoms with Crippen LogP contribution in [-0.2, 0) is 0 Å². The van der Waals surface area contributed by atoms with Gasteiger partial charge in [-0.05, 0) is 173 Å². The summed E-state index contributed by atoms with van der Waals surface area (Å²) in [6.45, 7) is 0. The van der Waals surface area contributed by atoms with Crippen LogP contribution >= 0.6 is 0 Å². The maximum Gasteiger partial charge on any atom is 0.195 e. The van der Waals surface area contributed by atoms with E-state index in [1.165, 1.54) is 259 Å². The maximum absolute atomic E-state index is 17.5. The Hall–Kier alpha value is -8.98. The Labute approximate surface area is 379 Å². The molecule has 2 nitrogen and oxygen atoms in total. The lowest BCUT2D eigenvalue weighted by atomic mass is 9.69. The van der Waals surface area contributed by atoms with E-state index in [1.807, 2.05) is 0 Å². The molecule has 0 bridgehead atoms. The number of hydrogen-bond donors (Lipinski definition) is 0. The fraction of sp³-hybridized carbons (Fsp3) is 0.0294. The lowest BCUT2D eigenvalue weighted by Gasteiger charge is -2.32. The van der Waals surface area contributed by atoms with Gasteiger partial charge < -0.3 is 0 Å². The van der Waals surface area contributed by atoms with Crippen LogP contribution in [0.15, 0.2) is 29.1 Å². The number of hydrogen-bond acceptors (Lipinski definition) is 2. The molecule has 0 saturated carbocycles. The molecule has 0 spiro atoms. The second-order valence-electron chi connectivity index (χ2n) is 25.1. The minimum Gasteiger partial charge on any atom is -0.293 e. The Kier molecular flexibility index (Phi) is 2.22. The summed E-state index contributed by atoms with van der Waals surface area (Å²) in [7, 11) is 0. The number of Topliss-reactive ketones (excluding diaryl/α,β-unsaturated/α-hetero) is 1. The van der Waals surface area contributed by atoms with Crippen molar-refractivity contribution in [3.63, 3.8) is 0 Å². The van der Waals surface area contributed by atoms with Crippen LogP contribution in [0.1, 0.15) is 50.0 Å². The monoisotopic (exact) mass is 854 g/mol. The molecule has 32 rings (SSSR count). The van der Waals surface area contributed by atoms with Gasteiger partial charge in [0.1, 0.15) is 0 Å². The molecular formula is C68H6O2. The van der Waals surface area contributed by atoms with Gasteiger partial charge in [0.25, 0.3) is 0 Å². The van der Waals surface area contributed by atoms with Gasteiger partial charge in [-0.25, -0.2) is 0 Å². The van der Waals surface area contributed by atoms with Crippen molar-refractivity contribution in [1.29, 1.82) is 0 Å². The smallest absolute Gasteiger partial charge is 0.195 e. The molecule has 0 saturated heterocycles. The third-order valence-electron chi connectivity index (χ3n) is 24.6. The highest BCUT2D eigenvalue weighted by molar-refractivity contribution is 6.82. The Bertz CT molecular complexity index is 7740. The quantitative estimate of drug-likeness (QED) is 0.142. The van der Waals surface area contributed by atoms with Gasteiger partial charge in [-0.1, -0.05) is 24.3 Å². The predicted octanol–water partition coefficient (Wildman–Crippen LogP) is 17.6. The van der Waals surface area contributed by atoms with Crippen LogP contribution in [0.25, 0.3) is 291 Å². The summed E-state index contributed by atoms with van der Waals surface area (Å²) in [6.07, 6.45) is 0. The van der Waals surface area contributed by atoms with Crippen molar-refractivity contribution in [2.24, 2.45) is 0 Å². The first-order chi connectivity index (χ1) is 34.8. The van der Waals surface area contributed by atoms with E-state index < -0.39 is 5.92 Å². The predicted molar refractivity (Wildman–Crippen MR) is 292 cm³/mol. The number of benzene rings is 18. The van der Waals surface area contributed by atoms with E-state index in [9.17, 15) is 0 Å². The zero-order valence-electron chi connectivity index (χ0n) is 35.3. The molecule has 29 aromatic carbocycles. The molecule has 3 aliphatic rings. The van der Waals surface area contributed by atoms with Crippen LogP contribution in [0, 0.1) is 0 Å². The SMILES string of the molecule is O=C1c2c3c4c5c6c7c8c5c5c9c4c4c3c3c%10c2c2c(=O)c%11c(c%12c%13c8c8c5c5c9c9c4c4c3c3c%10c%10c2c2c%11c%12c%11c%12c%13c8c8c5c5c9c4c4c3c3c%10c2c%11c2c%12c8c5c4c23)C7c2ccccc2C16. The van der Waals surface area contributed by atoms with E-state index in [0.29, 0.717) is 0 Å². The van der Waals surface area contributed by atoms with Crippen LogP contribution in [0.3, 0.4) is 0 Å². The highest BCUT2D eigenvalue weighted by Gasteiger charge is 2.54. The lowest BCUT2D eigenvalue weighted by molar-refractivity contribution is 0.0976. The third kappa shape index (κ3) is 1.42. The number of rotatable bonds is 0. The van der Waals surface area contributed by atoms with E-state index in [0.717, 1.165) is 21.7 Å². The van der Waals surface area contributed by atoms with Gasteiger partial charge in [0.15, 0.2) is 11.2 Å².